The minimum atomic E-state index is -0.482. The van der Waals surface area contributed by atoms with Gasteiger partial charge in [-0.3, -0.25) is 4.90 Å². The molecule has 0 spiro atoms. The second kappa shape index (κ2) is 11.2. The minimum absolute atomic E-state index is 0.0988. The number of anilines is 1. The first kappa shape index (κ1) is 27.7. The van der Waals surface area contributed by atoms with Gasteiger partial charge in [0.2, 0.25) is 5.95 Å². The van der Waals surface area contributed by atoms with E-state index in [1.807, 2.05) is 20.8 Å². The molecule has 4 aliphatic carbocycles. The van der Waals surface area contributed by atoms with E-state index in [9.17, 15) is 4.79 Å². The fraction of sp³-hybridized carbons (Fsp3) is 0.771. The van der Waals surface area contributed by atoms with E-state index in [1.54, 1.807) is 0 Å². The van der Waals surface area contributed by atoms with E-state index in [4.69, 9.17) is 9.72 Å². The zero-order valence-electron chi connectivity index (χ0n) is 25.8. The van der Waals surface area contributed by atoms with Crippen molar-refractivity contribution in [2.24, 2.45) is 17.8 Å². The molecule has 2 aromatic rings. The molecule has 6 heteroatoms. The number of aromatic nitrogens is 2. The number of rotatable bonds is 4. The van der Waals surface area contributed by atoms with Crippen molar-refractivity contribution in [3.63, 3.8) is 0 Å². The van der Waals surface area contributed by atoms with Crippen molar-refractivity contribution in [3.05, 3.63) is 24.3 Å². The van der Waals surface area contributed by atoms with Crippen LogP contribution in [-0.4, -0.2) is 57.2 Å². The van der Waals surface area contributed by atoms with Gasteiger partial charge >= 0.3 is 5.97 Å². The van der Waals surface area contributed by atoms with Gasteiger partial charge in [-0.1, -0.05) is 50.7 Å². The number of carbonyl (C=O) groups excluding carboxylic acids is 1. The van der Waals surface area contributed by atoms with Crippen LogP contribution < -0.4 is 4.90 Å². The molecular formula is C35H52N4O2. The van der Waals surface area contributed by atoms with Crippen LogP contribution in [0.5, 0.6) is 0 Å². The molecule has 3 aliphatic heterocycles. The third-order valence-electron chi connectivity index (χ3n) is 11.4. The van der Waals surface area contributed by atoms with Crippen LogP contribution in [-0.2, 0) is 9.53 Å². The molecule has 2 unspecified atom stereocenters. The second-order valence-electron chi connectivity index (χ2n) is 15.1. The van der Waals surface area contributed by atoms with Gasteiger partial charge in [0, 0.05) is 31.2 Å². The lowest BCUT2D eigenvalue weighted by molar-refractivity contribution is -0.156. The summed E-state index contributed by atoms with van der Waals surface area (Å²) in [4.78, 5) is 24.0. The number of imidazole rings is 1. The predicted octanol–water partition coefficient (Wildman–Crippen LogP) is 7.51. The fourth-order valence-electron chi connectivity index (χ4n) is 9.55. The number of fused-ring (bicyclic) bond motifs is 12. The predicted molar refractivity (Wildman–Crippen MR) is 165 cm³/mol. The van der Waals surface area contributed by atoms with E-state index in [0.717, 1.165) is 48.7 Å². The second-order valence-corrected chi connectivity index (χ2v) is 15.1. The van der Waals surface area contributed by atoms with Gasteiger partial charge in [-0.05, 0) is 102 Å². The van der Waals surface area contributed by atoms with Crippen LogP contribution in [0.1, 0.15) is 117 Å². The largest absolute Gasteiger partial charge is 0.458 e. The summed E-state index contributed by atoms with van der Waals surface area (Å²) < 4.78 is 8.52. The first-order chi connectivity index (χ1) is 19.9. The number of para-hydroxylation sites is 2. The molecule has 0 N–H and O–H groups in total. The molecule has 6 nitrogen and oxygen atoms in total. The van der Waals surface area contributed by atoms with Crippen molar-refractivity contribution < 1.29 is 9.53 Å². The first-order valence-corrected chi connectivity index (χ1v) is 17.1. The quantitative estimate of drug-likeness (QED) is 0.362. The maximum atomic E-state index is 13.4. The molecular weight excluding hydrogens is 508 g/mol. The van der Waals surface area contributed by atoms with Gasteiger partial charge in [-0.25, -0.2) is 9.78 Å². The Bertz CT molecular complexity index is 1230. The normalized spacial score (nSPS) is 34.8. The Kier molecular flexibility index (Phi) is 7.58. The molecule has 41 heavy (non-hydrogen) atoms. The van der Waals surface area contributed by atoms with Crippen LogP contribution in [0.2, 0.25) is 0 Å². The molecule has 1 aromatic heterocycles. The van der Waals surface area contributed by atoms with Crippen molar-refractivity contribution in [2.75, 3.05) is 18.0 Å². The summed E-state index contributed by atoms with van der Waals surface area (Å²) >= 11 is 0. The van der Waals surface area contributed by atoms with Gasteiger partial charge in [0.25, 0.3) is 0 Å². The van der Waals surface area contributed by atoms with Crippen molar-refractivity contribution in [1.29, 1.82) is 0 Å². The summed E-state index contributed by atoms with van der Waals surface area (Å²) in [6.07, 6.45) is 18.6. The molecule has 7 aliphatic rings. The van der Waals surface area contributed by atoms with E-state index in [2.05, 4.69) is 38.6 Å². The third-order valence-corrected chi connectivity index (χ3v) is 11.4. The zero-order valence-corrected chi connectivity index (χ0v) is 25.8. The average molecular weight is 561 g/mol. The third kappa shape index (κ3) is 5.43. The van der Waals surface area contributed by atoms with E-state index in [1.165, 1.54) is 89.1 Å². The van der Waals surface area contributed by atoms with Crippen molar-refractivity contribution >= 4 is 23.0 Å². The molecule has 7 atom stereocenters. The maximum Gasteiger partial charge on any atom is 0.329 e. The molecule has 4 saturated carbocycles. The molecule has 1 aromatic carbocycles. The molecule has 0 radical (unpaired) electrons. The van der Waals surface area contributed by atoms with Gasteiger partial charge in [0.05, 0.1) is 11.0 Å². The lowest BCUT2D eigenvalue weighted by Gasteiger charge is -2.54. The first-order valence-electron chi connectivity index (χ1n) is 17.1. The highest BCUT2D eigenvalue weighted by Crippen LogP contribution is 2.48. The lowest BCUT2D eigenvalue weighted by atomic mass is 9.69. The molecule has 4 heterocycles. The Hall–Kier alpha value is -2.08. The standard InChI is InChI=1S/C35H52N4O2/c1-35(2,3)41-33(40)30-17-10-20-37(30)34-36-28-15-8-9-16-29(28)39(34)32-22-27-14-7-6-13-26(32)23-38(27)31-21-24-11-4-5-12-25(31)19-18-24/h8-9,15-16,24-27,30-32H,4-7,10-14,17-23H2,1-3H3/t24-,25?,26?,27+,30-,31+,32-/m1/s1. The highest BCUT2D eigenvalue weighted by atomic mass is 16.6. The molecule has 224 valence electrons. The number of benzene rings is 1. The lowest BCUT2D eigenvalue weighted by Crippen LogP contribution is -2.56. The van der Waals surface area contributed by atoms with Crippen LogP contribution in [0.25, 0.3) is 11.0 Å². The number of nitrogens with zero attached hydrogens (tertiary/aromatic N) is 4. The minimum Gasteiger partial charge on any atom is -0.458 e. The van der Waals surface area contributed by atoms with E-state index in [0.29, 0.717) is 18.0 Å². The van der Waals surface area contributed by atoms with E-state index in [-0.39, 0.29) is 12.0 Å². The van der Waals surface area contributed by atoms with Gasteiger partial charge in [0.15, 0.2) is 0 Å². The summed E-state index contributed by atoms with van der Waals surface area (Å²) in [6.45, 7) is 8.02. The van der Waals surface area contributed by atoms with Crippen LogP contribution in [0.15, 0.2) is 24.3 Å². The highest BCUT2D eigenvalue weighted by Gasteiger charge is 2.46. The summed E-state index contributed by atoms with van der Waals surface area (Å²) in [5.41, 5.74) is 1.82. The monoisotopic (exact) mass is 560 g/mol. The van der Waals surface area contributed by atoms with E-state index < -0.39 is 5.60 Å². The summed E-state index contributed by atoms with van der Waals surface area (Å²) in [6, 6.07) is 10.3. The van der Waals surface area contributed by atoms with Crippen molar-refractivity contribution in [3.8, 4) is 0 Å². The Balaban J connectivity index is 1.23. The molecule has 3 saturated heterocycles. The molecule has 7 fully saturated rings. The summed E-state index contributed by atoms with van der Waals surface area (Å²) in [5, 5.41) is 0. The van der Waals surface area contributed by atoms with Gasteiger partial charge in [0.1, 0.15) is 11.6 Å². The molecule has 9 rings (SSSR count). The number of ether oxygens (including phenoxy) is 1. The highest BCUT2D eigenvalue weighted by molar-refractivity contribution is 5.83. The van der Waals surface area contributed by atoms with Gasteiger partial charge < -0.3 is 14.2 Å². The van der Waals surface area contributed by atoms with Crippen LogP contribution >= 0.6 is 0 Å². The van der Waals surface area contributed by atoms with Crippen molar-refractivity contribution in [1.82, 2.24) is 14.5 Å². The number of carbonyl (C=O) groups is 1. The summed E-state index contributed by atoms with van der Waals surface area (Å²) in [7, 11) is 0. The number of hydrogen-bond acceptors (Lipinski definition) is 5. The zero-order chi connectivity index (χ0) is 28.1. The Morgan fingerprint density at radius 2 is 1.63 bits per heavy atom. The van der Waals surface area contributed by atoms with Gasteiger partial charge in [-0.2, -0.15) is 0 Å². The molecule has 4 bridgehead atoms. The Morgan fingerprint density at radius 1 is 0.854 bits per heavy atom. The topological polar surface area (TPSA) is 50.6 Å². The van der Waals surface area contributed by atoms with E-state index >= 15 is 0 Å². The number of esters is 1. The average Bonchev–Trinajstić information content (AvgIpc) is 3.53. The Labute approximate surface area is 247 Å². The Morgan fingerprint density at radius 3 is 2.49 bits per heavy atom. The maximum absolute atomic E-state index is 13.4. The molecule has 0 amide bonds. The summed E-state index contributed by atoms with van der Waals surface area (Å²) in [5.74, 6) is 3.41. The van der Waals surface area contributed by atoms with Crippen LogP contribution in [0, 0.1) is 17.8 Å². The number of hydrogen-bond donors (Lipinski definition) is 0. The van der Waals surface area contributed by atoms with Crippen molar-refractivity contribution in [2.45, 2.75) is 140 Å². The SMILES string of the molecule is CC(C)(C)OC(=O)[C@H]1CCCN1c1nc2ccccc2n1[C@@H]1C[C@@H]2CCCCC1CN2[C@H]1C[C@@H]2CCCCC1CC2. The van der Waals surface area contributed by atoms with Crippen LogP contribution in [0.3, 0.4) is 0 Å². The van der Waals surface area contributed by atoms with Crippen LogP contribution in [0.4, 0.5) is 5.95 Å². The fourth-order valence-corrected chi connectivity index (χ4v) is 9.55. The smallest absolute Gasteiger partial charge is 0.329 e. The van der Waals surface area contributed by atoms with Gasteiger partial charge in [-0.15, -0.1) is 0 Å². The number of piperidine rings is 1.